The van der Waals surface area contributed by atoms with Crippen LogP contribution in [0.15, 0.2) is 36.4 Å². The van der Waals surface area contributed by atoms with Gasteiger partial charge in [-0.1, -0.05) is 12.1 Å². The second-order valence-corrected chi connectivity index (χ2v) is 8.86. The molecule has 2 aromatic carbocycles. The van der Waals surface area contributed by atoms with Crippen LogP contribution in [0.3, 0.4) is 0 Å². The molecule has 0 spiro atoms. The molecule has 26 heavy (non-hydrogen) atoms. The standard InChI is InChI=1S/C19H20NO5P/c1-23-17-10-14-15(19(21)20-16(14)11-18(17)24-2)9-12-5-7-13(8-6-12)25-26(3,4)22/h5-11H,1-4H3,(H,20,21)/b15-9+. The maximum Gasteiger partial charge on any atom is 0.256 e. The van der Waals surface area contributed by atoms with E-state index >= 15 is 0 Å². The first-order chi connectivity index (χ1) is 12.3. The molecule has 2 aromatic rings. The molecule has 0 fully saturated rings. The average molecular weight is 373 g/mol. The molecular formula is C19H20NO5P. The minimum Gasteiger partial charge on any atom is -0.493 e. The number of nitrogens with one attached hydrogen (secondary N) is 1. The number of hydrogen-bond acceptors (Lipinski definition) is 5. The van der Waals surface area contributed by atoms with Crippen molar-refractivity contribution in [1.82, 2.24) is 0 Å². The van der Waals surface area contributed by atoms with Crippen LogP contribution in [0.5, 0.6) is 17.2 Å². The minimum absolute atomic E-state index is 0.192. The Morgan fingerprint density at radius 3 is 2.19 bits per heavy atom. The Labute approximate surface area is 152 Å². The van der Waals surface area contributed by atoms with Gasteiger partial charge in [0.25, 0.3) is 5.91 Å². The van der Waals surface area contributed by atoms with Gasteiger partial charge in [0, 0.05) is 30.5 Å². The third kappa shape index (κ3) is 3.75. The molecule has 0 aliphatic carbocycles. The molecule has 1 amide bonds. The van der Waals surface area contributed by atoms with E-state index in [-0.39, 0.29) is 5.91 Å². The highest BCUT2D eigenvalue weighted by molar-refractivity contribution is 7.57. The van der Waals surface area contributed by atoms with Crippen molar-refractivity contribution in [2.45, 2.75) is 0 Å². The topological polar surface area (TPSA) is 73.9 Å². The van der Waals surface area contributed by atoms with Crippen LogP contribution in [0, 0.1) is 0 Å². The second-order valence-electron chi connectivity index (χ2n) is 6.18. The van der Waals surface area contributed by atoms with Crippen molar-refractivity contribution in [2.75, 3.05) is 32.9 Å². The van der Waals surface area contributed by atoms with Crippen molar-refractivity contribution in [3.8, 4) is 17.2 Å². The molecule has 1 aliphatic rings. The zero-order valence-corrected chi connectivity index (χ0v) is 15.9. The largest absolute Gasteiger partial charge is 0.493 e. The fraction of sp³-hybridized carbons (Fsp3) is 0.211. The van der Waals surface area contributed by atoms with E-state index in [9.17, 15) is 9.36 Å². The van der Waals surface area contributed by atoms with Crippen molar-refractivity contribution < 1.29 is 23.4 Å². The summed E-state index contributed by atoms with van der Waals surface area (Å²) in [5, 5.41) is 2.83. The Morgan fingerprint density at radius 1 is 1.00 bits per heavy atom. The van der Waals surface area contributed by atoms with Gasteiger partial charge >= 0.3 is 0 Å². The van der Waals surface area contributed by atoms with Crippen LogP contribution >= 0.6 is 7.37 Å². The van der Waals surface area contributed by atoms with E-state index < -0.39 is 7.37 Å². The quantitative estimate of drug-likeness (QED) is 0.631. The van der Waals surface area contributed by atoms with E-state index in [2.05, 4.69) is 5.32 Å². The summed E-state index contributed by atoms with van der Waals surface area (Å²) < 4.78 is 27.7. The van der Waals surface area contributed by atoms with Gasteiger partial charge in [-0.2, -0.15) is 0 Å². The summed E-state index contributed by atoms with van der Waals surface area (Å²) in [6.45, 7) is 3.12. The molecule has 1 aliphatic heterocycles. The SMILES string of the molecule is COc1cc2c(cc1OC)/C(=C\c1ccc(OP(C)(C)=O)cc1)C(=O)N2. The van der Waals surface area contributed by atoms with Gasteiger partial charge in [0.2, 0.25) is 7.37 Å². The van der Waals surface area contributed by atoms with Crippen LogP contribution in [-0.2, 0) is 9.36 Å². The van der Waals surface area contributed by atoms with E-state index in [1.165, 1.54) is 0 Å². The van der Waals surface area contributed by atoms with Crippen LogP contribution in [0.25, 0.3) is 11.6 Å². The van der Waals surface area contributed by atoms with Crippen molar-refractivity contribution in [2.24, 2.45) is 0 Å². The Balaban J connectivity index is 1.95. The molecule has 0 aromatic heterocycles. The Morgan fingerprint density at radius 2 is 1.62 bits per heavy atom. The highest BCUT2D eigenvalue weighted by Crippen LogP contribution is 2.41. The van der Waals surface area contributed by atoms with Crippen LogP contribution in [0.4, 0.5) is 5.69 Å². The number of methoxy groups -OCH3 is 2. The molecule has 0 unspecified atom stereocenters. The number of carbonyl (C=O) groups is 1. The van der Waals surface area contributed by atoms with Gasteiger partial charge in [0.1, 0.15) is 5.75 Å². The number of anilines is 1. The van der Waals surface area contributed by atoms with Crippen LogP contribution in [0.1, 0.15) is 11.1 Å². The van der Waals surface area contributed by atoms with Gasteiger partial charge in [0.15, 0.2) is 11.5 Å². The zero-order valence-electron chi connectivity index (χ0n) is 15.0. The maximum atomic E-state index is 12.4. The van der Waals surface area contributed by atoms with Gasteiger partial charge < -0.3 is 19.3 Å². The second kappa shape index (κ2) is 6.89. The predicted octanol–water partition coefficient (Wildman–Crippen LogP) is 4.11. The number of rotatable bonds is 5. The third-order valence-corrected chi connectivity index (χ3v) is 4.47. The molecule has 0 bridgehead atoms. The van der Waals surface area contributed by atoms with Gasteiger partial charge in [-0.25, -0.2) is 0 Å². The first-order valence-electron chi connectivity index (χ1n) is 7.95. The number of benzene rings is 2. The van der Waals surface area contributed by atoms with Crippen LogP contribution in [0.2, 0.25) is 0 Å². The first kappa shape index (κ1) is 18.1. The lowest BCUT2D eigenvalue weighted by atomic mass is 10.0. The highest BCUT2D eigenvalue weighted by Gasteiger charge is 2.26. The van der Waals surface area contributed by atoms with Crippen molar-refractivity contribution >= 4 is 30.6 Å². The molecule has 1 N–H and O–H groups in total. The number of amides is 1. The smallest absolute Gasteiger partial charge is 0.256 e. The summed E-state index contributed by atoms with van der Waals surface area (Å²) >= 11 is 0. The molecule has 0 atom stereocenters. The lowest BCUT2D eigenvalue weighted by Gasteiger charge is -2.10. The zero-order chi connectivity index (χ0) is 18.9. The van der Waals surface area contributed by atoms with Gasteiger partial charge in [-0.3, -0.25) is 9.36 Å². The van der Waals surface area contributed by atoms with Crippen LogP contribution in [-0.4, -0.2) is 33.5 Å². The molecule has 6 nitrogen and oxygen atoms in total. The fourth-order valence-corrected chi connectivity index (χ4v) is 3.34. The minimum atomic E-state index is -2.61. The van der Waals surface area contributed by atoms with E-state index in [1.807, 2.05) is 12.1 Å². The van der Waals surface area contributed by atoms with Crippen molar-refractivity contribution in [1.29, 1.82) is 0 Å². The lowest BCUT2D eigenvalue weighted by Crippen LogP contribution is -2.03. The van der Waals surface area contributed by atoms with Gasteiger partial charge in [-0.15, -0.1) is 0 Å². The molecule has 0 radical (unpaired) electrons. The molecular weight excluding hydrogens is 353 g/mol. The summed E-state index contributed by atoms with van der Waals surface area (Å²) in [6.07, 6.45) is 1.79. The van der Waals surface area contributed by atoms with Crippen molar-refractivity contribution in [3.05, 3.63) is 47.5 Å². The summed E-state index contributed by atoms with van der Waals surface area (Å²) in [6, 6.07) is 10.6. The highest BCUT2D eigenvalue weighted by atomic mass is 31.2. The van der Waals surface area contributed by atoms with E-state index in [4.69, 9.17) is 14.0 Å². The molecule has 3 rings (SSSR count). The molecule has 136 valence electrons. The monoisotopic (exact) mass is 373 g/mol. The Hall–Kier alpha value is -2.72. The maximum absolute atomic E-state index is 12.4. The Bertz CT molecular complexity index is 928. The summed E-state index contributed by atoms with van der Waals surface area (Å²) in [5.74, 6) is 1.45. The molecule has 0 saturated carbocycles. The normalized spacial score (nSPS) is 14.8. The number of fused-ring (bicyclic) bond motifs is 1. The van der Waals surface area contributed by atoms with E-state index in [0.717, 1.165) is 11.1 Å². The number of hydrogen-bond donors (Lipinski definition) is 1. The summed E-state index contributed by atoms with van der Waals surface area (Å²) in [5.41, 5.74) is 2.79. The van der Waals surface area contributed by atoms with Crippen molar-refractivity contribution in [3.63, 3.8) is 0 Å². The third-order valence-electron chi connectivity index (χ3n) is 3.82. The van der Waals surface area contributed by atoms with Gasteiger partial charge in [0.05, 0.1) is 19.9 Å². The van der Waals surface area contributed by atoms with Crippen LogP contribution < -0.4 is 19.3 Å². The molecule has 7 heteroatoms. The fourth-order valence-electron chi connectivity index (χ4n) is 2.71. The predicted molar refractivity (Wildman–Crippen MR) is 103 cm³/mol. The summed E-state index contributed by atoms with van der Waals surface area (Å²) in [7, 11) is 0.493. The lowest BCUT2D eigenvalue weighted by molar-refractivity contribution is -0.110. The number of carbonyl (C=O) groups excluding carboxylic acids is 1. The summed E-state index contributed by atoms with van der Waals surface area (Å²) in [4.78, 5) is 12.4. The first-order valence-corrected chi connectivity index (χ1v) is 10.5. The molecule has 1 heterocycles. The van der Waals surface area contributed by atoms with Gasteiger partial charge in [-0.05, 0) is 29.8 Å². The Kier molecular flexibility index (Phi) is 4.79. The number of ether oxygens (including phenoxy) is 2. The van der Waals surface area contributed by atoms with E-state index in [1.54, 1.807) is 57.9 Å². The molecule has 0 saturated heterocycles. The van der Waals surface area contributed by atoms with E-state index in [0.29, 0.717) is 28.5 Å². The average Bonchev–Trinajstić information content (AvgIpc) is 2.88.